The van der Waals surface area contributed by atoms with Crippen LogP contribution in [-0.2, 0) is 12.8 Å². The summed E-state index contributed by atoms with van der Waals surface area (Å²) in [6.07, 6.45) is 4.75. The number of aryl methyl sites for hydroxylation is 1. The van der Waals surface area contributed by atoms with E-state index in [4.69, 9.17) is 17.7 Å². The maximum atomic E-state index is 6.72. The number of benzene rings is 26. The van der Waals surface area contributed by atoms with Gasteiger partial charge in [-0.3, -0.25) is 0 Å². The molecule has 702 valence electrons. The van der Waals surface area contributed by atoms with Gasteiger partial charge in [-0.2, -0.15) is 0 Å². The van der Waals surface area contributed by atoms with Crippen molar-refractivity contribution in [2.24, 2.45) is 0 Å². The Balaban J connectivity index is 0.000000106. The molecule has 1 aliphatic rings. The molecule has 0 saturated heterocycles. The SMILES string of the molecule is c1ccc(-c2c3ccccc3c(-c3c(-c4ccc5c(c4)oc4ccccc45)ccc4oc5ccccc5c34)c3ccccc23)cc1.c1ccc(-c2c3ccccc3c(-c3cccc(-c4ccc5oc6ccccc6c5c4-c4cccc5c4CCCC5)c3)c3ccccc23)cc1.c1ccc(-c2cc3oc4ccccc4c3c(-c3ccc(-c4c5ccccc5c(-c5ccccc5)c5ccccc45)c4ccccc34)c2-c2ccccc2)cc1. The van der Waals surface area contributed by atoms with Gasteiger partial charge < -0.3 is 17.7 Å². The minimum absolute atomic E-state index is 0.880. The van der Waals surface area contributed by atoms with Crippen molar-refractivity contribution in [1.82, 2.24) is 0 Å². The van der Waals surface area contributed by atoms with Crippen LogP contribution in [0.2, 0.25) is 0 Å². The first kappa shape index (κ1) is 87.3. The molecule has 30 aromatic rings. The molecule has 0 bridgehead atoms. The predicted molar refractivity (Wildman–Crippen MR) is 633 cm³/mol. The first-order chi connectivity index (χ1) is 74.5. The van der Waals surface area contributed by atoms with E-state index < -0.39 is 0 Å². The molecule has 4 aromatic heterocycles. The monoisotopic (exact) mass is 1910 g/mol. The van der Waals surface area contributed by atoms with Gasteiger partial charge in [0.2, 0.25) is 0 Å². The average molecular weight is 1910 g/mol. The molecule has 1 aliphatic carbocycles. The number of para-hydroxylation sites is 4. The van der Waals surface area contributed by atoms with Gasteiger partial charge in [-0.25, -0.2) is 0 Å². The summed E-state index contributed by atoms with van der Waals surface area (Å²) in [7, 11) is 0. The van der Waals surface area contributed by atoms with E-state index in [1.807, 2.05) is 18.2 Å². The van der Waals surface area contributed by atoms with Gasteiger partial charge in [-0.1, -0.05) is 461 Å². The molecule has 0 N–H and O–H groups in total. The summed E-state index contributed by atoms with van der Waals surface area (Å²) < 4.78 is 26.1. The maximum Gasteiger partial charge on any atom is 0.136 e. The average Bonchev–Trinajstić information content (AvgIpc) is 1.29. The zero-order chi connectivity index (χ0) is 98.8. The van der Waals surface area contributed by atoms with Gasteiger partial charge in [0.1, 0.15) is 44.7 Å². The zero-order valence-electron chi connectivity index (χ0n) is 82.1. The molecule has 0 spiro atoms. The minimum Gasteiger partial charge on any atom is -0.456 e. The van der Waals surface area contributed by atoms with Crippen LogP contribution in [-0.4, -0.2) is 0 Å². The third-order valence-corrected chi connectivity index (χ3v) is 31.4. The second-order valence-electron chi connectivity index (χ2n) is 39.7. The van der Waals surface area contributed by atoms with Crippen molar-refractivity contribution in [3.8, 4) is 134 Å². The summed E-state index contributed by atoms with van der Waals surface area (Å²) in [6.45, 7) is 0. The highest BCUT2D eigenvalue weighted by molar-refractivity contribution is 6.31. The van der Waals surface area contributed by atoms with Gasteiger partial charge in [0.15, 0.2) is 0 Å². The molecule has 0 amide bonds. The highest BCUT2D eigenvalue weighted by atomic mass is 16.3. The Morgan fingerprint density at radius 3 is 0.880 bits per heavy atom. The van der Waals surface area contributed by atoms with Crippen LogP contribution >= 0.6 is 0 Å². The summed E-state index contributed by atoms with van der Waals surface area (Å²) in [5.41, 5.74) is 39.4. The third-order valence-electron chi connectivity index (χ3n) is 31.4. The zero-order valence-corrected chi connectivity index (χ0v) is 82.1. The largest absolute Gasteiger partial charge is 0.456 e. The van der Waals surface area contributed by atoms with Gasteiger partial charge in [-0.15, -0.1) is 0 Å². The van der Waals surface area contributed by atoms with Crippen molar-refractivity contribution >= 4 is 163 Å². The minimum atomic E-state index is 0.880. The molecule has 31 rings (SSSR count). The normalized spacial score (nSPS) is 12.2. The van der Waals surface area contributed by atoms with E-state index in [0.29, 0.717) is 0 Å². The van der Waals surface area contributed by atoms with Crippen molar-refractivity contribution in [3.05, 3.63) is 533 Å². The third kappa shape index (κ3) is 14.5. The maximum absolute atomic E-state index is 6.72. The Morgan fingerprint density at radius 1 is 0.120 bits per heavy atom. The van der Waals surface area contributed by atoms with Gasteiger partial charge >= 0.3 is 0 Å². The summed E-state index contributed by atoms with van der Waals surface area (Å²) in [5.74, 6) is 0. The second-order valence-corrected chi connectivity index (χ2v) is 39.7. The predicted octanol–water partition coefficient (Wildman–Crippen LogP) is 41.6. The molecule has 0 saturated carbocycles. The lowest BCUT2D eigenvalue weighted by Gasteiger charge is -2.22. The standard InChI is InChI=1S/C54H34O.C48H34O.C44H26O2/c1-4-18-35(19-5-1)47-34-49-53(46-30-16-17-31-48(46)55-49)54(51(47)37-22-8-3-9-23-37)45-33-32-44(38-24-10-11-25-39(38)45)52-42-28-14-12-26-40(42)50(36-20-6-2-7-21-36)41-27-13-15-29-43(41)52;1-2-15-32(16-3-1)45-38-21-6-8-23-40(38)46(41-24-9-7-22-39(41)45)34-19-12-18-33(30-34)36-28-29-44-48(42-25-10-11-27-43(42)49-44)47(36)37-26-13-17-31-14-4-5-20-35(31)37;1-2-12-27(13-3-1)41-32-15-4-6-17-34(32)42(35-18-7-5-16-33(35)41)44-29(24-25-39-43(44)36-19-9-11-21-38(36)45-39)28-22-23-31-30-14-8-10-20-37(30)46-40(31)26-28/h1-34H;1-3,6-13,15-19,21-30H,4-5,14,20H2;1-26H. The van der Waals surface area contributed by atoms with Crippen LogP contribution in [0.1, 0.15) is 24.0 Å². The summed E-state index contributed by atoms with van der Waals surface area (Å²) in [6, 6.07) is 189. The number of hydrogen-bond donors (Lipinski definition) is 0. The molecule has 26 aromatic carbocycles. The topological polar surface area (TPSA) is 52.6 Å². The van der Waals surface area contributed by atoms with E-state index in [0.717, 1.165) is 112 Å². The molecule has 4 nitrogen and oxygen atoms in total. The van der Waals surface area contributed by atoms with Gasteiger partial charge in [0.05, 0.1) is 0 Å². The van der Waals surface area contributed by atoms with E-state index in [-0.39, 0.29) is 0 Å². The summed E-state index contributed by atoms with van der Waals surface area (Å²) >= 11 is 0. The Kier molecular flexibility index (Phi) is 21.2. The smallest absolute Gasteiger partial charge is 0.136 e. The van der Waals surface area contributed by atoms with Crippen LogP contribution in [0.25, 0.3) is 297 Å². The van der Waals surface area contributed by atoms with Crippen molar-refractivity contribution in [2.45, 2.75) is 25.7 Å². The molecule has 4 heteroatoms. The van der Waals surface area contributed by atoms with Crippen molar-refractivity contribution in [2.75, 3.05) is 0 Å². The van der Waals surface area contributed by atoms with E-state index in [1.54, 1.807) is 0 Å². The van der Waals surface area contributed by atoms with Crippen LogP contribution in [0.3, 0.4) is 0 Å². The van der Waals surface area contributed by atoms with Crippen molar-refractivity contribution in [1.29, 1.82) is 0 Å². The van der Waals surface area contributed by atoms with Crippen LogP contribution < -0.4 is 0 Å². The molecule has 0 atom stereocenters. The highest BCUT2D eigenvalue weighted by Crippen LogP contribution is 2.57. The molecular weight excluding hydrogens is 1820 g/mol. The lowest BCUT2D eigenvalue weighted by atomic mass is 9.81. The molecule has 150 heavy (non-hydrogen) atoms. The van der Waals surface area contributed by atoms with E-state index >= 15 is 0 Å². The first-order valence-corrected chi connectivity index (χ1v) is 52.1. The van der Waals surface area contributed by atoms with Crippen LogP contribution in [0.15, 0.2) is 539 Å². The molecule has 0 fully saturated rings. The Labute approximate surface area is 866 Å². The number of rotatable bonds is 12. The van der Waals surface area contributed by atoms with Gasteiger partial charge in [0.25, 0.3) is 0 Å². The fourth-order valence-corrected chi connectivity index (χ4v) is 25.0. The molecule has 0 unspecified atom stereocenters. The number of hydrogen-bond acceptors (Lipinski definition) is 4. The lowest BCUT2D eigenvalue weighted by Crippen LogP contribution is -2.04. The summed E-state index contributed by atoms with van der Waals surface area (Å²) in [5, 5.41) is 26.5. The van der Waals surface area contributed by atoms with E-state index in [9.17, 15) is 0 Å². The fourth-order valence-electron chi connectivity index (χ4n) is 25.0. The Morgan fingerprint density at radius 2 is 0.420 bits per heavy atom. The van der Waals surface area contributed by atoms with Crippen LogP contribution in [0.5, 0.6) is 0 Å². The van der Waals surface area contributed by atoms with Gasteiger partial charge in [-0.05, 0) is 290 Å². The van der Waals surface area contributed by atoms with Crippen LogP contribution in [0.4, 0.5) is 0 Å². The van der Waals surface area contributed by atoms with E-state index in [2.05, 4.69) is 504 Å². The van der Waals surface area contributed by atoms with E-state index in [1.165, 1.54) is 221 Å². The highest BCUT2D eigenvalue weighted by Gasteiger charge is 2.31. The van der Waals surface area contributed by atoms with Gasteiger partial charge in [0, 0.05) is 59.8 Å². The molecule has 0 aliphatic heterocycles. The quantitative estimate of drug-likeness (QED) is 0.114. The Bertz CT molecular complexity index is 10500. The molecular formula is C146H94O4. The fraction of sp³-hybridized carbons (Fsp3) is 0.0274. The first-order valence-electron chi connectivity index (χ1n) is 52.1. The molecule has 4 heterocycles. The van der Waals surface area contributed by atoms with Crippen LogP contribution in [0, 0.1) is 0 Å². The van der Waals surface area contributed by atoms with Crippen molar-refractivity contribution < 1.29 is 17.7 Å². The van der Waals surface area contributed by atoms with Crippen molar-refractivity contribution in [3.63, 3.8) is 0 Å². The molecule has 0 radical (unpaired) electrons. The lowest BCUT2D eigenvalue weighted by molar-refractivity contribution is 0.668. The Hall–Kier alpha value is -19.3. The number of furan rings is 4. The second kappa shape index (κ2) is 36.5. The number of fused-ring (bicyclic) bond motifs is 20. The summed E-state index contributed by atoms with van der Waals surface area (Å²) in [4.78, 5) is 0.